The summed E-state index contributed by atoms with van der Waals surface area (Å²) in [7, 11) is 0. The molecule has 2 heterocycles. The van der Waals surface area contributed by atoms with Crippen LogP contribution in [0.25, 0.3) is 11.0 Å². The van der Waals surface area contributed by atoms with Gasteiger partial charge in [-0.1, -0.05) is 12.2 Å². The first-order valence-electron chi connectivity index (χ1n) is 6.84. The summed E-state index contributed by atoms with van der Waals surface area (Å²) < 4.78 is 5.50. The Balaban J connectivity index is 1.81. The zero-order chi connectivity index (χ0) is 13.9. The minimum Gasteiger partial charge on any atom is -0.486 e. The highest BCUT2D eigenvalue weighted by Gasteiger charge is 2.18. The molecule has 0 saturated carbocycles. The number of thiocarbonyl (C=S) groups is 1. The van der Waals surface area contributed by atoms with Crippen LogP contribution >= 0.6 is 12.2 Å². The molecule has 0 spiro atoms. The van der Waals surface area contributed by atoms with Crippen LogP contribution in [-0.2, 0) is 0 Å². The molecule has 0 amide bonds. The van der Waals surface area contributed by atoms with E-state index in [4.69, 9.17) is 22.7 Å². The van der Waals surface area contributed by atoms with Crippen molar-refractivity contribution >= 4 is 28.2 Å². The normalized spacial score (nSPS) is 19.1. The number of nitrogens with one attached hydrogen (secondary N) is 2. The van der Waals surface area contributed by atoms with E-state index in [2.05, 4.69) is 15.3 Å². The van der Waals surface area contributed by atoms with Crippen molar-refractivity contribution in [1.82, 2.24) is 15.3 Å². The first-order chi connectivity index (χ1) is 9.72. The average Bonchev–Trinajstić information content (AvgIpc) is 2.89. The van der Waals surface area contributed by atoms with E-state index in [1.807, 2.05) is 18.2 Å². The topological polar surface area (TPSA) is 76.0 Å². The molecule has 0 radical (unpaired) electrons. The molecule has 1 unspecified atom stereocenters. The van der Waals surface area contributed by atoms with Gasteiger partial charge in [-0.05, 0) is 31.5 Å². The fraction of sp³-hybridized carbons (Fsp3) is 0.429. The molecule has 6 heteroatoms. The summed E-state index contributed by atoms with van der Waals surface area (Å²) in [5, 5.41) is 3.41. The summed E-state index contributed by atoms with van der Waals surface area (Å²) in [6.07, 6.45) is 2.38. The zero-order valence-electron chi connectivity index (χ0n) is 11.2. The zero-order valence-corrected chi connectivity index (χ0v) is 12.0. The molecule has 1 aromatic carbocycles. The number of aromatic amines is 1. The second kappa shape index (κ2) is 5.76. The molecule has 1 aliphatic rings. The molecular weight excluding hydrogens is 272 g/mol. The van der Waals surface area contributed by atoms with E-state index in [-0.39, 0.29) is 6.61 Å². The first-order valence-corrected chi connectivity index (χ1v) is 7.24. The summed E-state index contributed by atoms with van der Waals surface area (Å²) in [5.74, 6) is 2.28. The van der Waals surface area contributed by atoms with Crippen molar-refractivity contribution in [2.24, 2.45) is 5.73 Å². The van der Waals surface area contributed by atoms with Gasteiger partial charge in [0, 0.05) is 18.5 Å². The van der Waals surface area contributed by atoms with Gasteiger partial charge in [0.05, 0.1) is 11.0 Å². The Kier molecular flexibility index (Phi) is 3.84. The quantitative estimate of drug-likeness (QED) is 0.747. The molecule has 5 nitrogen and oxygen atoms in total. The highest BCUT2D eigenvalue weighted by Crippen LogP contribution is 2.25. The molecule has 1 fully saturated rings. The third kappa shape index (κ3) is 2.91. The van der Waals surface area contributed by atoms with Gasteiger partial charge in [0.1, 0.15) is 23.2 Å². The number of piperidine rings is 1. The third-order valence-corrected chi connectivity index (χ3v) is 3.65. The number of imidazole rings is 1. The minimum absolute atomic E-state index is 0.258. The van der Waals surface area contributed by atoms with Crippen LogP contribution in [0, 0.1) is 0 Å². The van der Waals surface area contributed by atoms with Crippen molar-refractivity contribution in [3.63, 3.8) is 0 Å². The van der Waals surface area contributed by atoms with Crippen LogP contribution in [-0.4, -0.2) is 34.7 Å². The second-order valence-corrected chi connectivity index (χ2v) is 5.62. The molecule has 1 saturated heterocycles. The van der Waals surface area contributed by atoms with Gasteiger partial charge in [-0.3, -0.25) is 0 Å². The monoisotopic (exact) mass is 290 g/mol. The highest BCUT2D eigenvalue weighted by atomic mass is 32.1. The van der Waals surface area contributed by atoms with Crippen LogP contribution in [0.3, 0.4) is 0 Å². The fourth-order valence-corrected chi connectivity index (χ4v) is 2.59. The number of H-pyrrole nitrogens is 1. The lowest BCUT2D eigenvalue weighted by Crippen LogP contribution is -2.28. The molecule has 1 aliphatic heterocycles. The van der Waals surface area contributed by atoms with Gasteiger partial charge in [-0.25, -0.2) is 4.98 Å². The molecule has 0 aliphatic carbocycles. The molecule has 3 rings (SSSR count). The van der Waals surface area contributed by atoms with E-state index in [9.17, 15) is 0 Å². The predicted molar refractivity (Wildman–Crippen MR) is 83.2 cm³/mol. The van der Waals surface area contributed by atoms with Crippen LogP contribution in [0.2, 0.25) is 0 Å². The van der Waals surface area contributed by atoms with Gasteiger partial charge in [-0.15, -0.1) is 0 Å². The molecular formula is C14H18N4OS. The Morgan fingerprint density at radius 3 is 3.15 bits per heavy atom. The number of nitrogens with two attached hydrogens (primary N) is 1. The average molecular weight is 290 g/mol. The van der Waals surface area contributed by atoms with E-state index in [1.165, 1.54) is 12.8 Å². The van der Waals surface area contributed by atoms with Crippen molar-refractivity contribution in [2.75, 3.05) is 19.7 Å². The third-order valence-electron chi connectivity index (χ3n) is 3.54. The maximum absolute atomic E-state index is 5.50. The lowest BCUT2D eigenvalue weighted by atomic mass is 9.99. The van der Waals surface area contributed by atoms with Crippen molar-refractivity contribution in [2.45, 2.75) is 18.8 Å². The first kappa shape index (κ1) is 13.3. The number of benzene rings is 1. The van der Waals surface area contributed by atoms with Crippen LogP contribution in [0.1, 0.15) is 24.6 Å². The van der Waals surface area contributed by atoms with E-state index in [1.54, 1.807) is 0 Å². The number of hydrogen-bond acceptors (Lipinski definition) is 4. The van der Waals surface area contributed by atoms with Crippen molar-refractivity contribution in [3.8, 4) is 5.75 Å². The Morgan fingerprint density at radius 2 is 2.40 bits per heavy atom. The number of hydrogen-bond donors (Lipinski definition) is 3. The molecule has 2 aromatic rings. The van der Waals surface area contributed by atoms with E-state index >= 15 is 0 Å². The van der Waals surface area contributed by atoms with E-state index in [0.29, 0.717) is 10.9 Å². The summed E-state index contributed by atoms with van der Waals surface area (Å²) in [6.45, 7) is 2.35. The van der Waals surface area contributed by atoms with Gasteiger partial charge in [0.2, 0.25) is 0 Å². The summed E-state index contributed by atoms with van der Waals surface area (Å²) in [5.41, 5.74) is 7.39. The van der Waals surface area contributed by atoms with Crippen molar-refractivity contribution < 1.29 is 4.74 Å². The Morgan fingerprint density at radius 1 is 1.50 bits per heavy atom. The molecule has 1 atom stereocenters. The fourth-order valence-electron chi connectivity index (χ4n) is 2.53. The lowest BCUT2D eigenvalue weighted by molar-refractivity contribution is 0.378. The molecule has 1 aromatic heterocycles. The minimum atomic E-state index is 0.258. The SMILES string of the molecule is NC(=S)COc1ccc2nc(C3CCCNC3)[nH]c2c1. The van der Waals surface area contributed by atoms with Crippen LogP contribution < -0.4 is 15.8 Å². The van der Waals surface area contributed by atoms with Crippen LogP contribution in [0.15, 0.2) is 18.2 Å². The number of fused-ring (bicyclic) bond motifs is 1. The van der Waals surface area contributed by atoms with Gasteiger partial charge >= 0.3 is 0 Å². The van der Waals surface area contributed by atoms with Gasteiger partial charge in [0.15, 0.2) is 0 Å². The molecule has 106 valence electrons. The van der Waals surface area contributed by atoms with Gasteiger partial charge < -0.3 is 20.8 Å². The standard InChI is InChI=1S/C14H18N4OS/c15-13(20)8-19-10-3-4-11-12(6-10)18-14(17-11)9-2-1-5-16-7-9/h3-4,6,9,16H,1-2,5,7-8H2,(H2,15,20)(H,17,18). The molecule has 0 bridgehead atoms. The smallest absolute Gasteiger partial charge is 0.138 e. The molecule has 20 heavy (non-hydrogen) atoms. The lowest BCUT2D eigenvalue weighted by Gasteiger charge is -2.20. The number of ether oxygens (including phenoxy) is 1. The maximum Gasteiger partial charge on any atom is 0.138 e. The van der Waals surface area contributed by atoms with E-state index in [0.717, 1.165) is 35.7 Å². The largest absolute Gasteiger partial charge is 0.486 e. The van der Waals surface area contributed by atoms with Crippen LogP contribution in [0.4, 0.5) is 0 Å². The van der Waals surface area contributed by atoms with Crippen molar-refractivity contribution in [1.29, 1.82) is 0 Å². The summed E-state index contributed by atoms with van der Waals surface area (Å²) in [6, 6.07) is 5.80. The van der Waals surface area contributed by atoms with Gasteiger partial charge in [-0.2, -0.15) is 0 Å². The van der Waals surface area contributed by atoms with E-state index < -0.39 is 0 Å². The summed E-state index contributed by atoms with van der Waals surface area (Å²) >= 11 is 4.81. The number of nitrogens with zero attached hydrogens (tertiary/aromatic N) is 1. The Hall–Kier alpha value is -1.66. The second-order valence-electron chi connectivity index (χ2n) is 5.10. The summed E-state index contributed by atoms with van der Waals surface area (Å²) in [4.78, 5) is 8.42. The van der Waals surface area contributed by atoms with Gasteiger partial charge in [0.25, 0.3) is 0 Å². The number of rotatable bonds is 4. The number of aromatic nitrogens is 2. The Bertz CT molecular complexity index is 619. The highest BCUT2D eigenvalue weighted by molar-refractivity contribution is 7.80. The maximum atomic E-state index is 5.50. The molecule has 4 N–H and O–H groups in total. The predicted octanol–water partition coefficient (Wildman–Crippen LogP) is 1.69. The Labute approximate surface area is 122 Å². The van der Waals surface area contributed by atoms with Crippen LogP contribution in [0.5, 0.6) is 5.75 Å². The van der Waals surface area contributed by atoms with Crippen molar-refractivity contribution in [3.05, 3.63) is 24.0 Å².